The van der Waals surface area contributed by atoms with E-state index < -0.39 is 17.7 Å². The minimum atomic E-state index is -1.35. The number of rotatable bonds is 4. The Morgan fingerprint density at radius 3 is 2.50 bits per heavy atom. The molecule has 0 N–H and O–H groups in total. The molecular weight excluding hydrogens is 284 g/mol. The zero-order valence-electron chi connectivity index (χ0n) is 11.4. The molecule has 110 valence electrons. The Hall–Kier alpha value is -3.08. The van der Waals surface area contributed by atoms with Crippen molar-refractivity contribution in [3.8, 4) is 5.75 Å². The van der Waals surface area contributed by atoms with Crippen molar-refractivity contribution in [3.05, 3.63) is 76.6 Å². The predicted octanol–water partition coefficient (Wildman–Crippen LogP) is 1.66. The van der Waals surface area contributed by atoms with Gasteiger partial charge >= 0.3 is 5.63 Å². The van der Waals surface area contributed by atoms with E-state index in [2.05, 4.69) is 0 Å². The fourth-order valence-corrected chi connectivity index (χ4v) is 2.13. The quantitative estimate of drug-likeness (QED) is 0.684. The van der Waals surface area contributed by atoms with Crippen molar-refractivity contribution in [2.45, 2.75) is 6.10 Å². The highest BCUT2D eigenvalue weighted by molar-refractivity contribution is 5.78. The second kappa shape index (κ2) is 5.73. The highest BCUT2D eigenvalue weighted by Gasteiger charge is 2.15. The average molecular weight is 295 g/mol. The van der Waals surface area contributed by atoms with Gasteiger partial charge in [-0.1, -0.05) is 30.3 Å². The molecule has 0 aliphatic carbocycles. The SMILES string of the molecule is O=C([O-])[C@H](Oc1ccc2ccc(=O)oc2c1)c1ccccc1. The zero-order chi connectivity index (χ0) is 15.5. The topological polar surface area (TPSA) is 79.6 Å². The first kappa shape index (κ1) is 13.9. The second-order valence-electron chi connectivity index (χ2n) is 4.68. The van der Waals surface area contributed by atoms with Crippen LogP contribution in [0.15, 0.2) is 69.9 Å². The van der Waals surface area contributed by atoms with Gasteiger partial charge in [0.15, 0.2) is 6.10 Å². The van der Waals surface area contributed by atoms with Crippen LogP contribution in [0.5, 0.6) is 5.75 Å². The fourth-order valence-electron chi connectivity index (χ4n) is 2.13. The lowest BCUT2D eigenvalue weighted by Gasteiger charge is -2.20. The lowest BCUT2D eigenvalue weighted by atomic mass is 10.1. The van der Waals surface area contributed by atoms with Crippen LogP contribution in [-0.4, -0.2) is 5.97 Å². The number of fused-ring (bicyclic) bond motifs is 1. The Balaban J connectivity index is 1.96. The number of hydrogen-bond acceptors (Lipinski definition) is 5. The number of benzene rings is 2. The first-order chi connectivity index (χ1) is 10.6. The Labute approximate surface area is 125 Å². The van der Waals surface area contributed by atoms with Crippen LogP contribution in [0.25, 0.3) is 11.0 Å². The fraction of sp³-hybridized carbons (Fsp3) is 0.0588. The molecule has 5 heteroatoms. The van der Waals surface area contributed by atoms with Gasteiger partial charge in [-0.15, -0.1) is 0 Å². The van der Waals surface area contributed by atoms with Gasteiger partial charge in [-0.25, -0.2) is 4.79 Å². The third-order valence-corrected chi connectivity index (χ3v) is 3.16. The van der Waals surface area contributed by atoms with Crippen molar-refractivity contribution in [3.63, 3.8) is 0 Å². The molecule has 0 fully saturated rings. The molecule has 2 aromatic carbocycles. The molecule has 1 atom stereocenters. The molecule has 0 aliphatic rings. The van der Waals surface area contributed by atoms with E-state index in [0.29, 0.717) is 11.1 Å². The molecule has 1 heterocycles. The monoisotopic (exact) mass is 295 g/mol. The van der Waals surface area contributed by atoms with Gasteiger partial charge in [-0.3, -0.25) is 0 Å². The number of aliphatic carboxylic acids is 1. The van der Waals surface area contributed by atoms with E-state index in [1.807, 2.05) is 0 Å². The van der Waals surface area contributed by atoms with Crippen molar-refractivity contribution in [1.82, 2.24) is 0 Å². The van der Waals surface area contributed by atoms with E-state index in [-0.39, 0.29) is 5.75 Å². The van der Waals surface area contributed by atoms with Gasteiger partial charge in [-0.05, 0) is 23.8 Å². The van der Waals surface area contributed by atoms with E-state index >= 15 is 0 Å². The Bertz CT molecular complexity index is 867. The molecule has 0 spiro atoms. The van der Waals surface area contributed by atoms with Crippen LogP contribution >= 0.6 is 0 Å². The summed E-state index contributed by atoms with van der Waals surface area (Å²) in [6.07, 6.45) is -1.24. The van der Waals surface area contributed by atoms with E-state index in [9.17, 15) is 14.7 Å². The molecule has 5 nitrogen and oxygen atoms in total. The summed E-state index contributed by atoms with van der Waals surface area (Å²) in [6, 6.07) is 16.2. The maximum Gasteiger partial charge on any atom is 0.336 e. The summed E-state index contributed by atoms with van der Waals surface area (Å²) in [7, 11) is 0. The Kier molecular flexibility index (Phi) is 3.62. The minimum absolute atomic E-state index is 0.278. The molecule has 0 unspecified atom stereocenters. The van der Waals surface area contributed by atoms with E-state index in [4.69, 9.17) is 9.15 Å². The third kappa shape index (κ3) is 2.83. The van der Waals surface area contributed by atoms with E-state index in [0.717, 1.165) is 5.39 Å². The number of carboxylic acids is 1. The molecule has 0 saturated heterocycles. The number of ether oxygens (including phenoxy) is 1. The number of carbonyl (C=O) groups is 1. The van der Waals surface area contributed by atoms with Gasteiger partial charge in [0.25, 0.3) is 0 Å². The van der Waals surface area contributed by atoms with Crippen molar-refractivity contribution in [1.29, 1.82) is 0 Å². The van der Waals surface area contributed by atoms with Gasteiger partial charge in [0.05, 0.1) is 5.97 Å². The zero-order valence-corrected chi connectivity index (χ0v) is 11.4. The summed E-state index contributed by atoms with van der Waals surface area (Å²) in [5.74, 6) is -1.07. The highest BCUT2D eigenvalue weighted by Crippen LogP contribution is 2.25. The van der Waals surface area contributed by atoms with Crippen molar-refractivity contribution in [2.24, 2.45) is 0 Å². The number of carboxylic acid groups (broad SMARTS) is 1. The smallest absolute Gasteiger partial charge is 0.336 e. The molecule has 0 saturated carbocycles. The van der Waals surface area contributed by atoms with Crippen LogP contribution in [0.1, 0.15) is 11.7 Å². The normalized spacial score (nSPS) is 12.0. The summed E-state index contributed by atoms with van der Waals surface area (Å²) >= 11 is 0. The summed E-state index contributed by atoms with van der Waals surface area (Å²) in [5.41, 5.74) is 0.316. The first-order valence-corrected chi connectivity index (χ1v) is 6.60. The largest absolute Gasteiger partial charge is 0.546 e. The molecular formula is C17H11O5-. The Morgan fingerprint density at radius 1 is 1.05 bits per heavy atom. The van der Waals surface area contributed by atoms with Gasteiger partial charge in [0.1, 0.15) is 11.3 Å². The maximum absolute atomic E-state index is 11.3. The van der Waals surface area contributed by atoms with Crippen LogP contribution in [0.4, 0.5) is 0 Å². The predicted molar refractivity (Wildman–Crippen MR) is 77.3 cm³/mol. The van der Waals surface area contributed by atoms with E-state index in [1.165, 1.54) is 12.1 Å². The first-order valence-electron chi connectivity index (χ1n) is 6.60. The summed E-state index contributed by atoms with van der Waals surface area (Å²) in [5, 5.41) is 12.0. The Morgan fingerprint density at radius 2 is 1.77 bits per heavy atom. The lowest BCUT2D eigenvalue weighted by Crippen LogP contribution is -2.33. The number of hydrogen-bond donors (Lipinski definition) is 0. The van der Waals surface area contributed by atoms with Crippen molar-refractivity contribution < 1.29 is 19.1 Å². The van der Waals surface area contributed by atoms with Crippen LogP contribution in [0.2, 0.25) is 0 Å². The standard InChI is InChI=1S/C17H12O5/c18-15-9-7-11-6-8-13(10-14(11)22-15)21-16(17(19)20)12-4-2-1-3-5-12/h1-10,16H,(H,19,20)/p-1/t16-/m1/s1. The van der Waals surface area contributed by atoms with Crippen LogP contribution in [0, 0.1) is 0 Å². The van der Waals surface area contributed by atoms with Gasteiger partial charge in [0.2, 0.25) is 0 Å². The van der Waals surface area contributed by atoms with Gasteiger partial charge in [0, 0.05) is 17.5 Å². The molecule has 3 aromatic rings. The van der Waals surface area contributed by atoms with Crippen LogP contribution in [-0.2, 0) is 4.79 Å². The number of carbonyl (C=O) groups excluding carboxylic acids is 1. The highest BCUT2D eigenvalue weighted by atomic mass is 16.5. The molecule has 0 bridgehead atoms. The lowest BCUT2D eigenvalue weighted by molar-refractivity contribution is -0.314. The molecule has 3 rings (SSSR count). The molecule has 22 heavy (non-hydrogen) atoms. The van der Waals surface area contributed by atoms with Gasteiger partial charge in [-0.2, -0.15) is 0 Å². The van der Waals surface area contributed by atoms with Crippen molar-refractivity contribution >= 4 is 16.9 Å². The van der Waals surface area contributed by atoms with Crippen molar-refractivity contribution in [2.75, 3.05) is 0 Å². The minimum Gasteiger partial charge on any atom is -0.546 e. The second-order valence-corrected chi connectivity index (χ2v) is 4.68. The van der Waals surface area contributed by atoms with Crippen LogP contribution < -0.4 is 15.5 Å². The molecule has 0 aliphatic heterocycles. The summed E-state index contributed by atoms with van der Waals surface area (Å²) in [4.78, 5) is 22.5. The summed E-state index contributed by atoms with van der Waals surface area (Å²) < 4.78 is 10.5. The molecule has 1 aromatic heterocycles. The summed E-state index contributed by atoms with van der Waals surface area (Å²) in [6.45, 7) is 0. The third-order valence-electron chi connectivity index (χ3n) is 3.16. The maximum atomic E-state index is 11.3. The molecule has 0 radical (unpaired) electrons. The molecule has 0 amide bonds. The van der Waals surface area contributed by atoms with Crippen LogP contribution in [0.3, 0.4) is 0 Å². The van der Waals surface area contributed by atoms with E-state index in [1.54, 1.807) is 48.5 Å². The average Bonchev–Trinajstić information content (AvgIpc) is 2.52. The van der Waals surface area contributed by atoms with Gasteiger partial charge < -0.3 is 19.1 Å².